The van der Waals surface area contributed by atoms with Crippen LogP contribution in [0.5, 0.6) is 0 Å². The van der Waals surface area contributed by atoms with Crippen molar-refractivity contribution in [2.45, 2.75) is 20.5 Å². The Balaban J connectivity index is 1.71. The minimum absolute atomic E-state index is 0.624. The van der Waals surface area contributed by atoms with Gasteiger partial charge in [-0.2, -0.15) is 5.26 Å². The second kappa shape index (κ2) is 7.16. The Kier molecular flexibility index (Phi) is 4.98. The van der Waals surface area contributed by atoms with Gasteiger partial charge in [0.15, 0.2) is 0 Å². The summed E-state index contributed by atoms with van der Waals surface area (Å²) in [5.41, 5.74) is 3.98. The van der Waals surface area contributed by atoms with Crippen molar-refractivity contribution >= 4 is 17.9 Å². The number of hydrogen-bond acceptors (Lipinski definition) is 4. The monoisotopic (exact) mass is 338 g/mol. The van der Waals surface area contributed by atoms with Gasteiger partial charge in [-0.05, 0) is 37.6 Å². The normalized spacial score (nSPS) is 15.3. The molecule has 1 saturated heterocycles. The zero-order valence-corrected chi connectivity index (χ0v) is 15.0. The van der Waals surface area contributed by atoms with Crippen LogP contribution in [0.3, 0.4) is 0 Å². The first-order valence-corrected chi connectivity index (χ1v) is 8.64. The molecular weight excluding hydrogens is 316 g/mol. The quantitative estimate of drug-likeness (QED) is 0.803. The summed E-state index contributed by atoms with van der Waals surface area (Å²) >= 11 is 5.54. The number of pyridine rings is 1. The van der Waals surface area contributed by atoms with Gasteiger partial charge in [-0.15, -0.1) is 0 Å². The molecule has 5 heteroatoms. The highest BCUT2D eigenvalue weighted by molar-refractivity contribution is 7.71. The van der Waals surface area contributed by atoms with E-state index >= 15 is 0 Å². The van der Waals surface area contributed by atoms with Gasteiger partial charge >= 0.3 is 0 Å². The first-order valence-electron chi connectivity index (χ1n) is 8.23. The lowest BCUT2D eigenvalue weighted by molar-refractivity contribution is 0.203. The number of anilines is 1. The fraction of sp³-hybridized carbons (Fsp3) is 0.368. The molecule has 0 saturated carbocycles. The summed E-state index contributed by atoms with van der Waals surface area (Å²) in [6, 6.07) is 14.8. The lowest BCUT2D eigenvalue weighted by Gasteiger charge is -2.36. The van der Waals surface area contributed by atoms with Gasteiger partial charge < -0.3 is 9.47 Å². The molecule has 0 radical (unpaired) electrons. The smallest absolute Gasteiger partial charge is 0.125 e. The molecular formula is C19H22N4S. The Morgan fingerprint density at radius 3 is 2.38 bits per heavy atom. The summed E-state index contributed by atoms with van der Waals surface area (Å²) < 4.78 is 2.74. The number of piperazine rings is 1. The van der Waals surface area contributed by atoms with Crippen molar-refractivity contribution in [3.8, 4) is 6.07 Å². The Morgan fingerprint density at radius 2 is 1.75 bits per heavy atom. The fourth-order valence-corrected chi connectivity index (χ4v) is 3.63. The lowest BCUT2D eigenvalue weighted by Crippen LogP contribution is -2.47. The van der Waals surface area contributed by atoms with Crippen molar-refractivity contribution in [2.75, 3.05) is 31.1 Å². The Labute approximate surface area is 148 Å². The summed E-state index contributed by atoms with van der Waals surface area (Å²) in [4.78, 5) is 4.82. The Morgan fingerprint density at radius 1 is 1.08 bits per heavy atom. The number of nitriles is 1. The number of aromatic nitrogens is 1. The average Bonchev–Trinajstić information content (AvgIpc) is 2.60. The van der Waals surface area contributed by atoms with Gasteiger partial charge in [-0.1, -0.05) is 30.4 Å². The number of para-hydroxylation sites is 1. The number of benzene rings is 1. The zero-order valence-electron chi connectivity index (χ0n) is 14.2. The van der Waals surface area contributed by atoms with Gasteiger partial charge in [0.2, 0.25) is 0 Å². The summed E-state index contributed by atoms with van der Waals surface area (Å²) in [6.45, 7) is 8.76. The SMILES string of the molecule is Cc1cc(C)n(CN2CCN(c3ccccc3)CC2)c(=S)c1C#N. The summed E-state index contributed by atoms with van der Waals surface area (Å²) in [5.74, 6) is 0. The van der Waals surface area contributed by atoms with Crippen molar-refractivity contribution in [3.05, 3.63) is 57.9 Å². The third-order valence-electron chi connectivity index (χ3n) is 4.65. The molecule has 0 N–H and O–H groups in total. The second-order valence-corrected chi connectivity index (χ2v) is 6.66. The van der Waals surface area contributed by atoms with E-state index in [2.05, 4.69) is 63.8 Å². The van der Waals surface area contributed by atoms with Gasteiger partial charge in [0, 0.05) is 37.6 Å². The first-order chi connectivity index (χ1) is 11.6. The molecule has 1 aromatic carbocycles. The highest BCUT2D eigenvalue weighted by atomic mass is 32.1. The third kappa shape index (κ3) is 3.35. The molecule has 0 bridgehead atoms. The fourth-order valence-electron chi connectivity index (χ4n) is 3.23. The van der Waals surface area contributed by atoms with Crippen molar-refractivity contribution in [1.29, 1.82) is 5.26 Å². The van der Waals surface area contributed by atoms with Crippen LogP contribution in [0, 0.1) is 29.8 Å². The van der Waals surface area contributed by atoms with E-state index in [4.69, 9.17) is 12.2 Å². The van der Waals surface area contributed by atoms with E-state index in [9.17, 15) is 5.26 Å². The molecule has 3 rings (SSSR count). The van der Waals surface area contributed by atoms with Crippen LogP contribution in [-0.2, 0) is 6.67 Å². The molecule has 1 aliphatic heterocycles. The topological polar surface area (TPSA) is 35.2 Å². The largest absolute Gasteiger partial charge is 0.369 e. The Hall–Kier alpha value is -2.16. The highest BCUT2D eigenvalue weighted by Gasteiger charge is 2.18. The Bertz CT molecular complexity index is 812. The molecule has 24 heavy (non-hydrogen) atoms. The maximum atomic E-state index is 9.33. The highest BCUT2D eigenvalue weighted by Crippen LogP contribution is 2.18. The van der Waals surface area contributed by atoms with Crippen molar-refractivity contribution in [1.82, 2.24) is 9.47 Å². The van der Waals surface area contributed by atoms with Gasteiger partial charge in [0.05, 0.1) is 12.2 Å². The standard InChI is InChI=1S/C19H22N4S/c1-15-12-16(2)23(19(24)18(15)13-20)14-21-8-10-22(11-9-21)17-6-4-3-5-7-17/h3-7,12H,8-11,14H2,1-2H3. The predicted octanol–water partition coefficient (Wildman–Crippen LogP) is 3.49. The number of nitrogens with zero attached hydrogens (tertiary/aromatic N) is 4. The predicted molar refractivity (Wildman–Crippen MR) is 99.7 cm³/mol. The van der Waals surface area contributed by atoms with Crippen LogP contribution < -0.4 is 4.90 Å². The minimum atomic E-state index is 0.624. The number of aryl methyl sites for hydroxylation is 2. The third-order valence-corrected chi connectivity index (χ3v) is 5.08. The molecule has 2 aromatic rings. The molecule has 0 spiro atoms. The molecule has 0 atom stereocenters. The van der Waals surface area contributed by atoms with E-state index in [-0.39, 0.29) is 0 Å². The van der Waals surface area contributed by atoms with Gasteiger partial charge in [-0.3, -0.25) is 4.90 Å². The van der Waals surface area contributed by atoms with Crippen LogP contribution in [-0.4, -0.2) is 35.6 Å². The molecule has 124 valence electrons. The molecule has 0 aliphatic carbocycles. The van der Waals surface area contributed by atoms with Crippen molar-refractivity contribution < 1.29 is 0 Å². The van der Waals surface area contributed by atoms with Gasteiger partial charge in [0.1, 0.15) is 10.7 Å². The lowest BCUT2D eigenvalue weighted by atomic mass is 10.1. The molecule has 0 amide bonds. The van der Waals surface area contributed by atoms with Crippen molar-refractivity contribution in [2.24, 2.45) is 0 Å². The molecule has 0 unspecified atom stereocenters. The summed E-state index contributed by atoms with van der Waals surface area (Å²) in [7, 11) is 0. The maximum absolute atomic E-state index is 9.33. The van der Waals surface area contributed by atoms with Crippen LogP contribution in [0.15, 0.2) is 36.4 Å². The van der Waals surface area contributed by atoms with Crippen LogP contribution in [0.2, 0.25) is 0 Å². The van der Waals surface area contributed by atoms with E-state index in [1.807, 2.05) is 6.92 Å². The van der Waals surface area contributed by atoms with Crippen molar-refractivity contribution in [3.63, 3.8) is 0 Å². The molecule has 4 nitrogen and oxygen atoms in total. The van der Waals surface area contributed by atoms with Crippen LogP contribution >= 0.6 is 12.2 Å². The molecule has 1 fully saturated rings. The molecule has 2 heterocycles. The van der Waals surface area contributed by atoms with E-state index in [0.29, 0.717) is 10.2 Å². The van der Waals surface area contributed by atoms with Crippen LogP contribution in [0.25, 0.3) is 0 Å². The van der Waals surface area contributed by atoms with E-state index in [0.717, 1.165) is 44.1 Å². The van der Waals surface area contributed by atoms with E-state index in [1.165, 1.54) is 5.69 Å². The minimum Gasteiger partial charge on any atom is -0.369 e. The first kappa shape index (κ1) is 16.7. The zero-order chi connectivity index (χ0) is 17.1. The molecule has 1 aliphatic rings. The number of hydrogen-bond donors (Lipinski definition) is 0. The van der Waals surface area contributed by atoms with E-state index < -0.39 is 0 Å². The maximum Gasteiger partial charge on any atom is 0.125 e. The average molecular weight is 338 g/mol. The van der Waals surface area contributed by atoms with E-state index in [1.54, 1.807) is 0 Å². The molecule has 1 aromatic heterocycles. The second-order valence-electron chi connectivity index (χ2n) is 6.27. The van der Waals surface area contributed by atoms with Gasteiger partial charge in [-0.25, -0.2) is 0 Å². The van der Waals surface area contributed by atoms with Gasteiger partial charge in [0.25, 0.3) is 0 Å². The van der Waals surface area contributed by atoms with Crippen LogP contribution in [0.1, 0.15) is 16.8 Å². The van der Waals surface area contributed by atoms with Crippen LogP contribution in [0.4, 0.5) is 5.69 Å². The summed E-state index contributed by atoms with van der Waals surface area (Å²) in [6.07, 6.45) is 0. The summed E-state index contributed by atoms with van der Waals surface area (Å²) in [5, 5.41) is 9.33. The number of rotatable bonds is 3.